The van der Waals surface area contributed by atoms with E-state index in [9.17, 15) is 24.8 Å². The predicted octanol–water partition coefficient (Wildman–Crippen LogP) is 4.06. The number of rotatable bonds is 6. The third-order valence-electron chi connectivity index (χ3n) is 3.63. The lowest BCUT2D eigenvalue weighted by molar-refractivity contribution is -0.384. The Bertz CT molecular complexity index is 892. The summed E-state index contributed by atoms with van der Waals surface area (Å²) in [6.07, 6.45) is -1.56. The second-order valence-electron chi connectivity index (χ2n) is 7.10. The van der Waals surface area contributed by atoms with Crippen LogP contribution in [0.4, 0.5) is 26.8 Å². The summed E-state index contributed by atoms with van der Waals surface area (Å²) < 4.78 is 5.17. The van der Waals surface area contributed by atoms with Gasteiger partial charge in [-0.3, -0.25) is 20.3 Å². The van der Waals surface area contributed by atoms with Crippen LogP contribution in [-0.2, 0) is 11.2 Å². The molecule has 2 amide bonds. The Balaban J connectivity index is 2.05. The van der Waals surface area contributed by atoms with Crippen molar-refractivity contribution in [2.75, 3.05) is 16.8 Å². The van der Waals surface area contributed by atoms with Crippen molar-refractivity contribution in [1.29, 1.82) is 0 Å². The number of non-ortho nitro benzene ring substituents is 1. The lowest BCUT2D eigenvalue weighted by Gasteiger charge is -2.20. The molecule has 0 saturated carbocycles. The van der Waals surface area contributed by atoms with Crippen molar-refractivity contribution in [3.63, 3.8) is 0 Å². The number of hydrogen-bond acceptors (Lipinski definition) is 6. The van der Waals surface area contributed by atoms with Gasteiger partial charge in [-0.05, 0) is 45.0 Å². The smallest absolute Gasteiger partial charge is 0.413 e. The predicted molar refractivity (Wildman–Crippen MR) is 106 cm³/mol. The first-order valence-corrected chi connectivity index (χ1v) is 8.76. The summed E-state index contributed by atoms with van der Waals surface area (Å²) in [7, 11) is 0. The SMILES string of the molecule is CC(C)(C)OC(=O)Nc1cccc(CCN(C(=O)O)c2ccc([N+](=O)[O-])cc2)n1. The quantitative estimate of drug-likeness (QED) is 0.549. The van der Waals surface area contributed by atoms with E-state index in [1.54, 1.807) is 39.0 Å². The zero-order chi connectivity index (χ0) is 21.6. The number of hydrogen-bond donors (Lipinski definition) is 2. The van der Waals surface area contributed by atoms with Crippen LogP contribution in [0.1, 0.15) is 26.5 Å². The Hall–Kier alpha value is -3.69. The van der Waals surface area contributed by atoms with Crippen LogP contribution in [-0.4, -0.2) is 39.3 Å². The first kappa shape index (κ1) is 21.6. The van der Waals surface area contributed by atoms with E-state index in [0.29, 0.717) is 11.4 Å². The number of nitro benzene ring substituents is 1. The molecule has 1 aromatic heterocycles. The number of anilines is 2. The number of amides is 2. The van der Waals surface area contributed by atoms with Crippen LogP contribution in [0, 0.1) is 10.1 Å². The maximum atomic E-state index is 11.8. The van der Waals surface area contributed by atoms with Gasteiger partial charge in [0.2, 0.25) is 0 Å². The fraction of sp³-hybridized carbons (Fsp3) is 0.316. The highest BCUT2D eigenvalue weighted by molar-refractivity contribution is 5.86. The average Bonchev–Trinajstić information content (AvgIpc) is 2.60. The van der Waals surface area contributed by atoms with Gasteiger partial charge in [0, 0.05) is 36.5 Å². The van der Waals surface area contributed by atoms with Gasteiger partial charge in [0.05, 0.1) is 4.92 Å². The van der Waals surface area contributed by atoms with Crippen molar-refractivity contribution >= 4 is 29.4 Å². The number of carbonyl (C=O) groups excluding carboxylic acids is 1. The van der Waals surface area contributed by atoms with Crippen molar-refractivity contribution in [3.05, 3.63) is 58.3 Å². The normalized spacial score (nSPS) is 10.9. The van der Waals surface area contributed by atoms with Crippen molar-refractivity contribution in [1.82, 2.24) is 4.98 Å². The fourth-order valence-electron chi connectivity index (χ4n) is 2.41. The molecule has 1 aromatic carbocycles. The van der Waals surface area contributed by atoms with Gasteiger partial charge in [-0.15, -0.1) is 0 Å². The molecule has 0 spiro atoms. The molecule has 2 rings (SSSR count). The van der Waals surface area contributed by atoms with E-state index < -0.39 is 22.7 Å². The molecule has 0 bridgehead atoms. The van der Waals surface area contributed by atoms with Gasteiger partial charge in [-0.25, -0.2) is 14.6 Å². The van der Waals surface area contributed by atoms with Gasteiger partial charge in [0.1, 0.15) is 11.4 Å². The number of pyridine rings is 1. The number of carboxylic acid groups (broad SMARTS) is 1. The van der Waals surface area contributed by atoms with Crippen LogP contribution in [0.25, 0.3) is 0 Å². The van der Waals surface area contributed by atoms with E-state index in [2.05, 4.69) is 10.3 Å². The summed E-state index contributed by atoms with van der Waals surface area (Å²) in [5, 5.41) is 22.7. The second-order valence-corrected chi connectivity index (χ2v) is 7.10. The molecule has 10 nitrogen and oxygen atoms in total. The lowest BCUT2D eigenvalue weighted by Crippen LogP contribution is -2.31. The third kappa shape index (κ3) is 6.76. The molecule has 0 aliphatic carbocycles. The van der Waals surface area contributed by atoms with Gasteiger partial charge in [-0.2, -0.15) is 0 Å². The van der Waals surface area contributed by atoms with Crippen molar-refractivity contribution < 1.29 is 24.4 Å². The molecule has 2 aromatic rings. The summed E-state index contributed by atoms with van der Waals surface area (Å²) in [6.45, 7) is 5.31. The highest BCUT2D eigenvalue weighted by Gasteiger charge is 2.18. The molecule has 0 fully saturated rings. The molecular weight excluding hydrogens is 380 g/mol. The molecule has 0 aliphatic heterocycles. The number of benzene rings is 1. The number of ether oxygens (including phenoxy) is 1. The van der Waals surface area contributed by atoms with Crippen LogP contribution in [0.3, 0.4) is 0 Å². The van der Waals surface area contributed by atoms with Crippen LogP contribution >= 0.6 is 0 Å². The minimum absolute atomic E-state index is 0.0794. The molecule has 0 saturated heterocycles. The number of nitro groups is 1. The topological polar surface area (TPSA) is 135 Å². The minimum Gasteiger partial charge on any atom is -0.465 e. The Kier molecular flexibility index (Phi) is 6.71. The van der Waals surface area contributed by atoms with Gasteiger partial charge in [0.25, 0.3) is 5.69 Å². The van der Waals surface area contributed by atoms with E-state index in [1.165, 1.54) is 24.3 Å². The van der Waals surface area contributed by atoms with E-state index in [0.717, 1.165) is 4.90 Å². The highest BCUT2D eigenvalue weighted by atomic mass is 16.6. The maximum absolute atomic E-state index is 11.8. The number of aromatic nitrogens is 1. The summed E-state index contributed by atoms with van der Waals surface area (Å²) in [4.78, 5) is 39.0. The standard InChI is InChI=1S/C19H22N4O6/c1-19(2,3)29-17(24)21-16-6-4-5-13(20-16)11-12-22(18(25)26)14-7-9-15(10-8-14)23(27)28/h4-10H,11-12H2,1-3H3,(H,25,26)(H,20,21,24). The summed E-state index contributed by atoms with van der Waals surface area (Å²) >= 11 is 0. The molecule has 1 heterocycles. The Morgan fingerprint density at radius 2 is 1.86 bits per heavy atom. The highest BCUT2D eigenvalue weighted by Crippen LogP contribution is 2.20. The Morgan fingerprint density at radius 3 is 2.41 bits per heavy atom. The molecule has 0 radical (unpaired) electrons. The Labute approximate surface area is 167 Å². The molecule has 0 unspecified atom stereocenters. The number of nitrogens with one attached hydrogen (secondary N) is 1. The Morgan fingerprint density at radius 1 is 1.21 bits per heavy atom. The van der Waals surface area contributed by atoms with Gasteiger partial charge in [0.15, 0.2) is 0 Å². The van der Waals surface area contributed by atoms with Gasteiger partial charge >= 0.3 is 12.2 Å². The van der Waals surface area contributed by atoms with E-state index >= 15 is 0 Å². The first-order chi connectivity index (χ1) is 13.5. The number of carbonyl (C=O) groups is 2. The van der Waals surface area contributed by atoms with Gasteiger partial charge in [-0.1, -0.05) is 6.07 Å². The zero-order valence-electron chi connectivity index (χ0n) is 16.3. The summed E-state index contributed by atoms with van der Waals surface area (Å²) in [5.41, 5.74) is 0.105. The molecule has 10 heteroatoms. The molecule has 154 valence electrons. The molecular formula is C19H22N4O6. The first-order valence-electron chi connectivity index (χ1n) is 8.76. The van der Waals surface area contributed by atoms with Crippen molar-refractivity contribution in [2.24, 2.45) is 0 Å². The van der Waals surface area contributed by atoms with Crippen LogP contribution in [0.5, 0.6) is 0 Å². The third-order valence-corrected chi connectivity index (χ3v) is 3.63. The molecule has 0 atom stereocenters. The van der Waals surface area contributed by atoms with Crippen LogP contribution in [0.2, 0.25) is 0 Å². The van der Waals surface area contributed by atoms with E-state index in [-0.39, 0.29) is 24.5 Å². The maximum Gasteiger partial charge on any atom is 0.413 e. The summed E-state index contributed by atoms with van der Waals surface area (Å²) in [5.74, 6) is 0.286. The summed E-state index contributed by atoms with van der Waals surface area (Å²) in [6, 6.07) is 10.2. The monoisotopic (exact) mass is 402 g/mol. The van der Waals surface area contributed by atoms with Crippen LogP contribution < -0.4 is 10.2 Å². The number of nitrogens with zero attached hydrogens (tertiary/aromatic N) is 3. The largest absolute Gasteiger partial charge is 0.465 e. The second kappa shape index (κ2) is 9.00. The van der Waals surface area contributed by atoms with Crippen molar-refractivity contribution in [2.45, 2.75) is 32.8 Å². The van der Waals surface area contributed by atoms with Gasteiger partial charge < -0.3 is 9.84 Å². The fourth-order valence-corrected chi connectivity index (χ4v) is 2.41. The van der Waals surface area contributed by atoms with Crippen molar-refractivity contribution in [3.8, 4) is 0 Å². The van der Waals surface area contributed by atoms with Crippen LogP contribution in [0.15, 0.2) is 42.5 Å². The zero-order valence-corrected chi connectivity index (χ0v) is 16.3. The lowest BCUT2D eigenvalue weighted by atomic mass is 10.2. The minimum atomic E-state index is -1.19. The molecule has 2 N–H and O–H groups in total. The average molecular weight is 402 g/mol. The van der Waals surface area contributed by atoms with E-state index in [4.69, 9.17) is 4.74 Å². The molecule has 29 heavy (non-hydrogen) atoms. The molecule has 0 aliphatic rings. The van der Waals surface area contributed by atoms with E-state index in [1.807, 2.05) is 0 Å².